The Morgan fingerprint density at radius 1 is 1.33 bits per heavy atom. The molecule has 88 valence electrons. The van der Waals surface area contributed by atoms with Crippen LogP contribution < -0.4 is 0 Å². The Kier molecular flexibility index (Phi) is 3.12. The predicted molar refractivity (Wildman–Crippen MR) is 63.6 cm³/mol. The molecule has 0 saturated heterocycles. The summed E-state index contributed by atoms with van der Waals surface area (Å²) in [6.07, 6.45) is 7.00. The molecule has 1 unspecified atom stereocenters. The van der Waals surface area contributed by atoms with Crippen LogP contribution in [0.15, 0.2) is 0 Å². The molecule has 0 aromatic rings. The monoisotopic (exact) mass is 210 g/mol. The van der Waals surface area contributed by atoms with E-state index in [1.165, 1.54) is 32.1 Å². The fraction of sp³-hybridized carbons (Fsp3) is 1.00. The minimum absolute atomic E-state index is 0.376. The quantitative estimate of drug-likeness (QED) is 0.740. The van der Waals surface area contributed by atoms with Crippen LogP contribution in [0.3, 0.4) is 0 Å². The zero-order chi connectivity index (χ0) is 11.1. The molecular formula is C14H26O. The molecule has 0 heterocycles. The van der Waals surface area contributed by atoms with Crippen molar-refractivity contribution in [3.05, 3.63) is 0 Å². The van der Waals surface area contributed by atoms with Crippen LogP contribution >= 0.6 is 0 Å². The molecule has 2 aliphatic rings. The van der Waals surface area contributed by atoms with Gasteiger partial charge in [-0.3, -0.25) is 0 Å². The van der Waals surface area contributed by atoms with Gasteiger partial charge in [-0.1, -0.05) is 33.6 Å². The van der Waals surface area contributed by atoms with E-state index in [0.29, 0.717) is 17.9 Å². The van der Waals surface area contributed by atoms with Crippen molar-refractivity contribution in [1.82, 2.24) is 0 Å². The number of aliphatic hydroxyl groups excluding tert-OH is 1. The van der Waals surface area contributed by atoms with Crippen molar-refractivity contribution in [2.24, 2.45) is 29.1 Å². The van der Waals surface area contributed by atoms with Crippen LogP contribution in [0.2, 0.25) is 0 Å². The molecule has 0 amide bonds. The molecule has 2 saturated carbocycles. The maximum atomic E-state index is 9.37. The lowest BCUT2D eigenvalue weighted by molar-refractivity contribution is 0.0229. The largest absolute Gasteiger partial charge is 0.396 e. The number of hydrogen-bond donors (Lipinski definition) is 1. The fourth-order valence-electron chi connectivity index (χ4n) is 4.67. The van der Waals surface area contributed by atoms with Gasteiger partial charge >= 0.3 is 0 Å². The Morgan fingerprint density at radius 3 is 2.73 bits per heavy atom. The van der Waals surface area contributed by atoms with Crippen LogP contribution in [0.4, 0.5) is 0 Å². The summed E-state index contributed by atoms with van der Waals surface area (Å²) < 4.78 is 0. The van der Waals surface area contributed by atoms with Crippen molar-refractivity contribution in [3.63, 3.8) is 0 Å². The lowest BCUT2D eigenvalue weighted by Gasteiger charge is -2.45. The standard InChI is InChI=1S/C14H26O/c1-10-5-4-8-14(3)12(10)6-7-13(14)11(2)9-15/h10-13,15H,4-9H2,1-3H3/t10-,11+,12?,13+,14-/m0/s1. The summed E-state index contributed by atoms with van der Waals surface area (Å²) in [5, 5.41) is 9.37. The van der Waals surface area contributed by atoms with Crippen LogP contribution in [0, 0.1) is 29.1 Å². The van der Waals surface area contributed by atoms with Gasteiger partial charge in [0.2, 0.25) is 0 Å². The van der Waals surface area contributed by atoms with Crippen LogP contribution in [-0.4, -0.2) is 11.7 Å². The van der Waals surface area contributed by atoms with Crippen molar-refractivity contribution in [2.45, 2.75) is 52.9 Å². The average molecular weight is 210 g/mol. The van der Waals surface area contributed by atoms with Gasteiger partial charge in [-0.15, -0.1) is 0 Å². The second-order valence-electron chi connectivity index (χ2n) is 6.33. The molecule has 0 aliphatic heterocycles. The molecule has 0 aromatic heterocycles. The number of aliphatic hydroxyl groups is 1. The van der Waals surface area contributed by atoms with E-state index in [1.54, 1.807) is 0 Å². The van der Waals surface area contributed by atoms with Gasteiger partial charge < -0.3 is 5.11 Å². The van der Waals surface area contributed by atoms with Gasteiger partial charge in [0.25, 0.3) is 0 Å². The third-order valence-corrected chi connectivity index (χ3v) is 5.52. The average Bonchev–Trinajstić information content (AvgIpc) is 2.56. The van der Waals surface area contributed by atoms with Crippen molar-refractivity contribution in [1.29, 1.82) is 0 Å². The van der Waals surface area contributed by atoms with Gasteiger partial charge in [0, 0.05) is 6.61 Å². The third kappa shape index (κ3) is 1.73. The molecule has 1 N–H and O–H groups in total. The van der Waals surface area contributed by atoms with Gasteiger partial charge in [0.15, 0.2) is 0 Å². The molecule has 2 fully saturated rings. The van der Waals surface area contributed by atoms with Crippen LogP contribution in [-0.2, 0) is 0 Å². The van der Waals surface area contributed by atoms with Gasteiger partial charge in [-0.05, 0) is 48.3 Å². The van der Waals surface area contributed by atoms with E-state index in [0.717, 1.165) is 17.8 Å². The van der Waals surface area contributed by atoms with E-state index in [2.05, 4.69) is 20.8 Å². The van der Waals surface area contributed by atoms with Crippen LogP contribution in [0.25, 0.3) is 0 Å². The van der Waals surface area contributed by atoms with Crippen molar-refractivity contribution in [3.8, 4) is 0 Å². The zero-order valence-electron chi connectivity index (χ0n) is 10.5. The Morgan fingerprint density at radius 2 is 2.07 bits per heavy atom. The number of fused-ring (bicyclic) bond motifs is 1. The summed E-state index contributed by atoms with van der Waals surface area (Å²) in [6, 6.07) is 0. The highest BCUT2D eigenvalue weighted by Gasteiger charge is 2.51. The topological polar surface area (TPSA) is 20.2 Å². The van der Waals surface area contributed by atoms with E-state index in [9.17, 15) is 5.11 Å². The summed E-state index contributed by atoms with van der Waals surface area (Å²) >= 11 is 0. The number of hydrogen-bond acceptors (Lipinski definition) is 1. The van der Waals surface area contributed by atoms with E-state index in [1.807, 2.05) is 0 Å². The van der Waals surface area contributed by atoms with Crippen molar-refractivity contribution >= 4 is 0 Å². The normalized spacial score (nSPS) is 47.6. The highest BCUT2D eigenvalue weighted by atomic mass is 16.3. The second-order valence-corrected chi connectivity index (χ2v) is 6.33. The minimum Gasteiger partial charge on any atom is -0.396 e. The third-order valence-electron chi connectivity index (χ3n) is 5.52. The lowest BCUT2D eigenvalue weighted by atomic mass is 9.60. The Bertz CT molecular complexity index is 225. The van der Waals surface area contributed by atoms with Crippen molar-refractivity contribution in [2.75, 3.05) is 6.61 Å². The molecule has 1 nitrogen and oxygen atoms in total. The smallest absolute Gasteiger partial charge is 0.0459 e. The molecule has 2 rings (SSSR count). The first-order chi connectivity index (χ1) is 7.09. The lowest BCUT2D eigenvalue weighted by Crippen LogP contribution is -2.38. The minimum atomic E-state index is 0.376. The Balaban J connectivity index is 2.17. The van der Waals surface area contributed by atoms with Crippen molar-refractivity contribution < 1.29 is 5.11 Å². The summed E-state index contributed by atoms with van der Waals surface area (Å²) in [5.41, 5.74) is 0.541. The van der Waals surface area contributed by atoms with Gasteiger partial charge in [-0.2, -0.15) is 0 Å². The van der Waals surface area contributed by atoms with Gasteiger partial charge in [-0.25, -0.2) is 0 Å². The first-order valence-electron chi connectivity index (χ1n) is 6.70. The Hall–Kier alpha value is -0.0400. The fourth-order valence-corrected chi connectivity index (χ4v) is 4.67. The zero-order valence-corrected chi connectivity index (χ0v) is 10.5. The summed E-state index contributed by atoms with van der Waals surface area (Å²) in [7, 11) is 0. The van der Waals surface area contributed by atoms with E-state index < -0.39 is 0 Å². The first kappa shape index (κ1) is 11.4. The number of rotatable bonds is 2. The molecule has 0 spiro atoms. The van der Waals surface area contributed by atoms with Crippen LogP contribution in [0.5, 0.6) is 0 Å². The van der Waals surface area contributed by atoms with Gasteiger partial charge in [0.05, 0.1) is 0 Å². The van der Waals surface area contributed by atoms with E-state index in [-0.39, 0.29) is 0 Å². The maximum absolute atomic E-state index is 9.37. The molecule has 1 heteroatoms. The van der Waals surface area contributed by atoms with E-state index >= 15 is 0 Å². The first-order valence-corrected chi connectivity index (χ1v) is 6.70. The highest BCUT2D eigenvalue weighted by molar-refractivity contribution is 5.00. The van der Waals surface area contributed by atoms with Crippen LogP contribution in [0.1, 0.15) is 52.9 Å². The SMILES string of the molecule is C[C@H](CO)[C@H]1CCC2[C@@H](C)CCC[C@@]21C. The summed E-state index contributed by atoms with van der Waals surface area (Å²) in [5.74, 6) is 3.13. The molecular weight excluding hydrogens is 184 g/mol. The molecule has 5 atom stereocenters. The predicted octanol–water partition coefficient (Wildman–Crippen LogP) is 3.47. The Labute approximate surface area is 94.3 Å². The molecule has 0 radical (unpaired) electrons. The molecule has 0 aromatic carbocycles. The summed E-state index contributed by atoms with van der Waals surface area (Å²) in [4.78, 5) is 0. The maximum Gasteiger partial charge on any atom is 0.0459 e. The van der Waals surface area contributed by atoms with Gasteiger partial charge in [0.1, 0.15) is 0 Å². The van der Waals surface area contributed by atoms with E-state index in [4.69, 9.17) is 0 Å². The highest BCUT2D eigenvalue weighted by Crippen LogP contribution is 2.59. The second kappa shape index (κ2) is 4.08. The molecule has 2 aliphatic carbocycles. The molecule has 15 heavy (non-hydrogen) atoms. The molecule has 0 bridgehead atoms. The summed E-state index contributed by atoms with van der Waals surface area (Å²) in [6.45, 7) is 7.55.